The maximum absolute atomic E-state index is 12.7. The highest BCUT2D eigenvalue weighted by molar-refractivity contribution is 7.52. The van der Waals surface area contributed by atoms with Crippen LogP contribution in [0.15, 0.2) is 11.1 Å². The monoisotopic (exact) mass is 377 g/mol. The van der Waals surface area contributed by atoms with Crippen molar-refractivity contribution in [2.45, 2.75) is 18.1 Å². The summed E-state index contributed by atoms with van der Waals surface area (Å²) in [5.74, 6) is -2.81. The van der Waals surface area contributed by atoms with Gasteiger partial charge in [0.25, 0.3) is 11.5 Å². The van der Waals surface area contributed by atoms with E-state index in [4.69, 9.17) is 15.2 Å². The molecule has 0 spiro atoms. The molecule has 13 nitrogen and oxygen atoms in total. The number of fused-ring (bicyclic) bond motifs is 1. The lowest BCUT2D eigenvalue weighted by Gasteiger charge is -2.33. The van der Waals surface area contributed by atoms with Crippen LogP contribution in [0.1, 0.15) is 0 Å². The molecule has 0 saturated carbocycles. The SMILES string of the molecule is COP(=O)(O)CO[C@@]1(n2c(N)nc3nc[nH]c3c2=O)OC[C@@H](O)[C@H]1O. The van der Waals surface area contributed by atoms with Gasteiger partial charge in [-0.3, -0.25) is 9.36 Å². The first-order valence-corrected chi connectivity index (χ1v) is 8.72. The lowest BCUT2D eigenvalue weighted by Crippen LogP contribution is -2.53. The number of aromatic amines is 1. The van der Waals surface area contributed by atoms with E-state index in [1.165, 1.54) is 6.33 Å². The first-order chi connectivity index (χ1) is 11.7. The fourth-order valence-electron chi connectivity index (χ4n) is 2.44. The minimum absolute atomic E-state index is 0.0201. The number of H-pyrrole nitrogens is 1. The summed E-state index contributed by atoms with van der Waals surface area (Å²) < 4.78 is 27.3. The summed E-state index contributed by atoms with van der Waals surface area (Å²) >= 11 is 0. The number of nitrogens with zero attached hydrogens (tertiary/aromatic N) is 3. The van der Waals surface area contributed by atoms with Gasteiger partial charge in [-0.15, -0.1) is 0 Å². The Labute approximate surface area is 139 Å². The van der Waals surface area contributed by atoms with Gasteiger partial charge in [-0.2, -0.15) is 4.98 Å². The second kappa shape index (κ2) is 6.14. The molecular formula is C11H16N5O8P. The van der Waals surface area contributed by atoms with Gasteiger partial charge in [-0.1, -0.05) is 0 Å². The molecule has 25 heavy (non-hydrogen) atoms. The average molecular weight is 377 g/mol. The van der Waals surface area contributed by atoms with Gasteiger partial charge in [0, 0.05) is 7.11 Å². The molecular weight excluding hydrogens is 361 g/mol. The number of nitrogens with one attached hydrogen (secondary N) is 1. The van der Waals surface area contributed by atoms with Crippen LogP contribution >= 0.6 is 7.60 Å². The van der Waals surface area contributed by atoms with Crippen LogP contribution in [0, 0.1) is 0 Å². The Balaban J connectivity index is 2.16. The number of hydrogen-bond acceptors (Lipinski definition) is 10. The van der Waals surface area contributed by atoms with Crippen molar-refractivity contribution in [1.29, 1.82) is 0 Å². The number of imidazole rings is 1. The lowest BCUT2D eigenvalue weighted by molar-refractivity contribution is -0.298. The molecule has 1 aliphatic heterocycles. The van der Waals surface area contributed by atoms with E-state index in [0.717, 1.165) is 7.11 Å². The Kier molecular flexibility index (Phi) is 4.41. The predicted molar refractivity (Wildman–Crippen MR) is 81.3 cm³/mol. The van der Waals surface area contributed by atoms with Crippen molar-refractivity contribution in [3.63, 3.8) is 0 Å². The molecule has 1 unspecified atom stereocenters. The highest BCUT2D eigenvalue weighted by Crippen LogP contribution is 2.44. The molecule has 3 heterocycles. The van der Waals surface area contributed by atoms with Gasteiger partial charge in [-0.25, -0.2) is 9.55 Å². The van der Waals surface area contributed by atoms with Crippen LogP contribution in [0.5, 0.6) is 0 Å². The number of hydrogen-bond donors (Lipinski definition) is 5. The third kappa shape index (κ3) is 2.85. The number of anilines is 1. The topological polar surface area (TPSA) is 195 Å². The van der Waals surface area contributed by atoms with Crippen molar-refractivity contribution < 1.29 is 33.7 Å². The molecule has 0 aliphatic carbocycles. The van der Waals surface area contributed by atoms with Crippen molar-refractivity contribution in [3.8, 4) is 0 Å². The highest BCUT2D eigenvalue weighted by Gasteiger charge is 2.55. The zero-order valence-electron chi connectivity index (χ0n) is 12.9. The number of ether oxygens (including phenoxy) is 2. The van der Waals surface area contributed by atoms with E-state index in [0.29, 0.717) is 4.57 Å². The molecule has 6 N–H and O–H groups in total. The van der Waals surface area contributed by atoms with E-state index in [1.54, 1.807) is 0 Å². The van der Waals surface area contributed by atoms with Crippen molar-refractivity contribution >= 4 is 24.7 Å². The molecule has 14 heteroatoms. The van der Waals surface area contributed by atoms with Crippen LogP contribution in [-0.2, 0) is 24.5 Å². The van der Waals surface area contributed by atoms with Gasteiger partial charge < -0.3 is 39.8 Å². The van der Waals surface area contributed by atoms with Crippen LogP contribution in [0.25, 0.3) is 11.2 Å². The molecule has 2 aromatic rings. The van der Waals surface area contributed by atoms with Crippen LogP contribution in [0.4, 0.5) is 5.95 Å². The fraction of sp³-hybridized carbons (Fsp3) is 0.545. The highest BCUT2D eigenvalue weighted by atomic mass is 31.2. The molecule has 0 aromatic carbocycles. The minimum Gasteiger partial charge on any atom is -0.388 e. The summed E-state index contributed by atoms with van der Waals surface area (Å²) in [6, 6.07) is 0. The molecule has 0 bridgehead atoms. The van der Waals surface area contributed by atoms with E-state index in [2.05, 4.69) is 19.5 Å². The Morgan fingerprint density at radius 2 is 2.32 bits per heavy atom. The van der Waals surface area contributed by atoms with Crippen molar-refractivity contribution in [1.82, 2.24) is 19.5 Å². The van der Waals surface area contributed by atoms with Crippen molar-refractivity contribution in [3.05, 3.63) is 16.7 Å². The minimum atomic E-state index is -4.19. The summed E-state index contributed by atoms with van der Waals surface area (Å²) in [6.45, 7) is -0.420. The van der Waals surface area contributed by atoms with Crippen molar-refractivity contribution in [2.24, 2.45) is 0 Å². The van der Waals surface area contributed by atoms with E-state index < -0.39 is 50.2 Å². The largest absolute Gasteiger partial charge is 0.388 e. The lowest BCUT2D eigenvalue weighted by atomic mass is 10.2. The van der Waals surface area contributed by atoms with Gasteiger partial charge in [-0.05, 0) is 0 Å². The number of nitrogens with two attached hydrogens (primary N) is 1. The first-order valence-electron chi connectivity index (χ1n) is 6.95. The number of aliphatic hydroxyl groups excluding tert-OH is 2. The van der Waals surface area contributed by atoms with E-state index in [-0.39, 0.29) is 11.2 Å². The Morgan fingerprint density at radius 1 is 1.60 bits per heavy atom. The maximum Gasteiger partial charge on any atom is 0.353 e. The fourth-order valence-corrected chi connectivity index (χ4v) is 2.90. The van der Waals surface area contributed by atoms with E-state index in [1.807, 2.05) is 0 Å². The number of aliphatic hydroxyl groups is 2. The first kappa shape index (κ1) is 17.9. The molecule has 2 aromatic heterocycles. The molecule has 3 rings (SSSR count). The molecule has 0 amide bonds. The average Bonchev–Trinajstić information content (AvgIpc) is 3.14. The van der Waals surface area contributed by atoms with Gasteiger partial charge in [0.1, 0.15) is 6.10 Å². The quantitative estimate of drug-likeness (QED) is 0.357. The molecule has 1 saturated heterocycles. The number of aromatic nitrogens is 4. The Morgan fingerprint density at radius 3 is 2.92 bits per heavy atom. The smallest absolute Gasteiger partial charge is 0.353 e. The molecule has 1 fully saturated rings. The summed E-state index contributed by atoms with van der Waals surface area (Å²) in [5, 5.41) is 20.1. The Hall–Kier alpha value is -1.86. The third-order valence-corrected chi connectivity index (χ3v) is 4.74. The second-order valence-corrected chi connectivity index (χ2v) is 7.16. The van der Waals surface area contributed by atoms with Gasteiger partial charge in [0.15, 0.2) is 23.6 Å². The number of nitrogen functional groups attached to an aromatic ring is 1. The van der Waals surface area contributed by atoms with E-state index >= 15 is 0 Å². The summed E-state index contributed by atoms with van der Waals surface area (Å²) in [5.41, 5.74) is 4.91. The predicted octanol–water partition coefficient (Wildman–Crippen LogP) is -2.13. The number of rotatable bonds is 5. The summed E-state index contributed by atoms with van der Waals surface area (Å²) in [7, 11) is -3.21. The Bertz CT molecular complexity index is 898. The van der Waals surface area contributed by atoms with Gasteiger partial charge in [0.05, 0.1) is 12.9 Å². The summed E-state index contributed by atoms with van der Waals surface area (Å²) in [6.07, 6.45) is -2.97. The van der Waals surface area contributed by atoms with Crippen LogP contribution in [-0.4, -0.2) is 66.9 Å². The third-order valence-electron chi connectivity index (χ3n) is 3.72. The van der Waals surface area contributed by atoms with Crippen LogP contribution in [0.3, 0.4) is 0 Å². The zero-order chi connectivity index (χ0) is 18.4. The standard InChI is InChI=1S/C11H16N5O8P/c1-22-25(20,21)4-24-11(7(18)5(17)2-23-11)16-9(19)6-8(14-3-13-6)15-10(16)12/h3,5,7,17-18H,2,4H2,1H3,(H2,12,15)(H,13,14)(H,20,21)/t5-,7-,11+/m1/s1. The summed E-state index contributed by atoms with van der Waals surface area (Å²) in [4.78, 5) is 32.5. The van der Waals surface area contributed by atoms with Gasteiger partial charge in [0.2, 0.25) is 5.95 Å². The molecule has 4 atom stereocenters. The molecule has 0 radical (unpaired) electrons. The van der Waals surface area contributed by atoms with Crippen LogP contribution < -0.4 is 11.3 Å². The molecule has 1 aliphatic rings. The maximum atomic E-state index is 12.7. The zero-order valence-corrected chi connectivity index (χ0v) is 13.8. The van der Waals surface area contributed by atoms with Crippen molar-refractivity contribution in [2.75, 3.05) is 25.8 Å². The van der Waals surface area contributed by atoms with Gasteiger partial charge >= 0.3 is 7.60 Å². The van der Waals surface area contributed by atoms with E-state index in [9.17, 15) is 24.5 Å². The normalized spacial score (nSPS) is 29.1. The molecule has 138 valence electrons. The second-order valence-electron chi connectivity index (χ2n) is 5.26. The van der Waals surface area contributed by atoms with Crippen LogP contribution in [0.2, 0.25) is 0 Å².